The van der Waals surface area contributed by atoms with Gasteiger partial charge in [-0.25, -0.2) is 13.4 Å². The predicted molar refractivity (Wildman–Crippen MR) is 89.2 cm³/mol. The van der Waals surface area contributed by atoms with Gasteiger partial charge >= 0.3 is 0 Å². The average molecular weight is 324 g/mol. The van der Waals surface area contributed by atoms with E-state index in [1.54, 1.807) is 23.5 Å². The van der Waals surface area contributed by atoms with Gasteiger partial charge in [0.1, 0.15) is 0 Å². The number of thiazole rings is 1. The molecule has 0 atom stereocenters. The maximum Gasteiger partial charge on any atom is 0.232 e. The summed E-state index contributed by atoms with van der Waals surface area (Å²) in [7, 11) is -3.27. The van der Waals surface area contributed by atoms with Gasteiger partial charge in [-0.05, 0) is 31.4 Å². The molecule has 0 amide bonds. The Morgan fingerprint density at radius 1 is 1.24 bits per heavy atom. The van der Waals surface area contributed by atoms with Crippen molar-refractivity contribution >= 4 is 27.0 Å². The third-order valence-corrected chi connectivity index (χ3v) is 5.13. The lowest BCUT2D eigenvalue weighted by Gasteiger charge is -2.09. The van der Waals surface area contributed by atoms with Gasteiger partial charge in [0.2, 0.25) is 10.0 Å². The van der Waals surface area contributed by atoms with E-state index in [0.29, 0.717) is 18.0 Å². The van der Waals surface area contributed by atoms with Crippen LogP contribution < -0.4 is 4.72 Å². The van der Waals surface area contributed by atoms with Crippen LogP contribution in [0.4, 0.5) is 5.69 Å². The summed E-state index contributed by atoms with van der Waals surface area (Å²) >= 11 is 1.60. The van der Waals surface area contributed by atoms with Crippen LogP contribution in [-0.2, 0) is 10.0 Å². The van der Waals surface area contributed by atoms with E-state index >= 15 is 0 Å². The molecule has 0 aliphatic heterocycles. The molecular weight excluding hydrogens is 304 g/mol. The molecule has 114 valence electrons. The summed E-state index contributed by atoms with van der Waals surface area (Å²) < 4.78 is 26.5. The Balaban J connectivity index is 2.06. The molecule has 0 bridgehead atoms. The van der Waals surface area contributed by atoms with Crippen molar-refractivity contribution in [1.82, 2.24) is 4.98 Å². The SMILES string of the molecule is Cc1nc(-c2ccc(NS(=O)(=O)CCC(C)C)cc2)cs1. The lowest BCUT2D eigenvalue weighted by Crippen LogP contribution is -2.17. The number of sulfonamides is 1. The van der Waals surface area contributed by atoms with E-state index in [1.807, 2.05) is 38.3 Å². The Morgan fingerprint density at radius 3 is 2.43 bits per heavy atom. The molecule has 0 fully saturated rings. The summed E-state index contributed by atoms with van der Waals surface area (Å²) in [5.74, 6) is 0.523. The smallest absolute Gasteiger partial charge is 0.232 e. The summed E-state index contributed by atoms with van der Waals surface area (Å²) in [4.78, 5) is 4.41. The van der Waals surface area contributed by atoms with E-state index < -0.39 is 10.0 Å². The van der Waals surface area contributed by atoms with Crippen LogP contribution in [0.3, 0.4) is 0 Å². The molecule has 1 N–H and O–H groups in total. The first-order chi connectivity index (χ1) is 9.85. The molecular formula is C15H20N2O2S2. The minimum Gasteiger partial charge on any atom is -0.284 e. The van der Waals surface area contributed by atoms with Crippen LogP contribution >= 0.6 is 11.3 Å². The lowest BCUT2D eigenvalue weighted by atomic mass is 10.1. The molecule has 0 spiro atoms. The standard InChI is InChI=1S/C15H20N2O2S2/c1-11(2)8-9-21(18,19)17-14-6-4-13(5-7-14)15-10-20-12(3)16-15/h4-7,10-11,17H,8-9H2,1-3H3. The molecule has 2 aromatic rings. The van der Waals surface area contributed by atoms with Crippen molar-refractivity contribution < 1.29 is 8.42 Å². The summed E-state index contributed by atoms with van der Waals surface area (Å²) in [5, 5.41) is 3.01. The van der Waals surface area contributed by atoms with Crippen LogP contribution in [-0.4, -0.2) is 19.2 Å². The van der Waals surface area contributed by atoms with Crippen molar-refractivity contribution in [1.29, 1.82) is 0 Å². The number of aryl methyl sites for hydroxylation is 1. The third kappa shape index (κ3) is 4.82. The highest BCUT2D eigenvalue weighted by molar-refractivity contribution is 7.92. The second kappa shape index (κ2) is 6.58. The van der Waals surface area contributed by atoms with Crippen LogP contribution in [0.2, 0.25) is 0 Å². The highest BCUT2D eigenvalue weighted by Gasteiger charge is 2.11. The fourth-order valence-corrected chi connectivity index (χ4v) is 3.83. The summed E-state index contributed by atoms with van der Waals surface area (Å²) in [6.45, 7) is 5.99. The second-order valence-electron chi connectivity index (χ2n) is 5.43. The quantitative estimate of drug-likeness (QED) is 0.876. The van der Waals surface area contributed by atoms with E-state index in [-0.39, 0.29) is 5.75 Å². The number of nitrogens with one attached hydrogen (secondary N) is 1. The Morgan fingerprint density at radius 2 is 1.90 bits per heavy atom. The Kier molecular flexibility index (Phi) is 5.00. The van der Waals surface area contributed by atoms with Crippen LogP contribution in [0.5, 0.6) is 0 Å². The fourth-order valence-electron chi connectivity index (χ4n) is 1.83. The molecule has 4 nitrogen and oxygen atoms in total. The molecule has 0 unspecified atom stereocenters. The van der Waals surface area contributed by atoms with Crippen molar-refractivity contribution in [2.24, 2.45) is 5.92 Å². The van der Waals surface area contributed by atoms with E-state index in [0.717, 1.165) is 16.3 Å². The molecule has 21 heavy (non-hydrogen) atoms. The van der Waals surface area contributed by atoms with Crippen molar-refractivity contribution in [2.75, 3.05) is 10.5 Å². The van der Waals surface area contributed by atoms with Gasteiger partial charge in [0, 0.05) is 16.6 Å². The maximum atomic E-state index is 11.9. The highest BCUT2D eigenvalue weighted by Crippen LogP contribution is 2.23. The van der Waals surface area contributed by atoms with Gasteiger partial charge in [0.15, 0.2) is 0 Å². The molecule has 0 radical (unpaired) electrons. The van der Waals surface area contributed by atoms with Crippen molar-refractivity contribution in [3.05, 3.63) is 34.7 Å². The normalized spacial score (nSPS) is 11.8. The average Bonchev–Trinajstić information content (AvgIpc) is 2.84. The number of anilines is 1. The van der Waals surface area contributed by atoms with Gasteiger partial charge in [-0.2, -0.15) is 0 Å². The van der Waals surface area contributed by atoms with Crippen molar-refractivity contribution in [2.45, 2.75) is 27.2 Å². The van der Waals surface area contributed by atoms with Crippen molar-refractivity contribution in [3.8, 4) is 11.3 Å². The van der Waals surface area contributed by atoms with Crippen LogP contribution in [0.1, 0.15) is 25.3 Å². The zero-order valence-corrected chi connectivity index (χ0v) is 14.1. The number of hydrogen-bond donors (Lipinski definition) is 1. The monoisotopic (exact) mass is 324 g/mol. The summed E-state index contributed by atoms with van der Waals surface area (Å²) in [6.07, 6.45) is 0.658. The van der Waals surface area contributed by atoms with Crippen LogP contribution in [0.25, 0.3) is 11.3 Å². The van der Waals surface area contributed by atoms with Gasteiger partial charge < -0.3 is 0 Å². The molecule has 0 aliphatic rings. The molecule has 1 aromatic heterocycles. The molecule has 6 heteroatoms. The van der Waals surface area contributed by atoms with Gasteiger partial charge in [0.05, 0.1) is 16.5 Å². The third-order valence-electron chi connectivity index (χ3n) is 3.04. The van der Waals surface area contributed by atoms with Crippen molar-refractivity contribution in [3.63, 3.8) is 0 Å². The minimum atomic E-state index is -3.27. The predicted octanol–water partition coefficient (Wildman–Crippen LogP) is 3.91. The van der Waals surface area contributed by atoms with Gasteiger partial charge in [-0.1, -0.05) is 26.0 Å². The molecule has 0 saturated carbocycles. The number of aromatic nitrogens is 1. The Bertz CT molecular complexity index is 689. The second-order valence-corrected chi connectivity index (χ2v) is 8.34. The Labute approximate surface area is 130 Å². The van der Waals surface area contributed by atoms with E-state index in [2.05, 4.69) is 9.71 Å². The van der Waals surface area contributed by atoms with Gasteiger partial charge in [-0.15, -0.1) is 11.3 Å². The zero-order valence-electron chi connectivity index (χ0n) is 12.5. The van der Waals surface area contributed by atoms with E-state index in [4.69, 9.17) is 0 Å². The minimum absolute atomic E-state index is 0.150. The zero-order chi connectivity index (χ0) is 15.5. The number of benzene rings is 1. The molecule has 1 heterocycles. The van der Waals surface area contributed by atoms with Gasteiger partial charge in [-0.3, -0.25) is 4.72 Å². The largest absolute Gasteiger partial charge is 0.284 e. The lowest BCUT2D eigenvalue weighted by molar-refractivity contribution is 0.578. The van der Waals surface area contributed by atoms with Crippen LogP contribution in [0.15, 0.2) is 29.6 Å². The topological polar surface area (TPSA) is 59.1 Å². The maximum absolute atomic E-state index is 11.9. The first kappa shape index (κ1) is 16.0. The first-order valence-electron chi connectivity index (χ1n) is 6.89. The summed E-state index contributed by atoms with van der Waals surface area (Å²) in [5.41, 5.74) is 2.51. The van der Waals surface area contributed by atoms with Crippen LogP contribution in [0, 0.1) is 12.8 Å². The van der Waals surface area contributed by atoms with E-state index in [1.165, 1.54) is 0 Å². The highest BCUT2D eigenvalue weighted by atomic mass is 32.2. The van der Waals surface area contributed by atoms with E-state index in [9.17, 15) is 8.42 Å². The fraction of sp³-hybridized carbons (Fsp3) is 0.400. The first-order valence-corrected chi connectivity index (χ1v) is 9.42. The molecule has 2 rings (SSSR count). The molecule has 0 saturated heterocycles. The number of hydrogen-bond acceptors (Lipinski definition) is 4. The number of rotatable bonds is 6. The molecule has 1 aromatic carbocycles. The van der Waals surface area contributed by atoms with Gasteiger partial charge in [0.25, 0.3) is 0 Å². The molecule has 0 aliphatic carbocycles. The number of nitrogens with zero attached hydrogens (tertiary/aromatic N) is 1. The Hall–Kier alpha value is -1.40. The summed E-state index contributed by atoms with van der Waals surface area (Å²) in [6, 6.07) is 7.32.